The van der Waals surface area contributed by atoms with Crippen LogP contribution in [0.2, 0.25) is 0 Å². The summed E-state index contributed by atoms with van der Waals surface area (Å²) in [5.74, 6) is -0.243. The van der Waals surface area contributed by atoms with E-state index in [9.17, 15) is 4.79 Å². The second-order valence-electron chi connectivity index (χ2n) is 3.37. The molecule has 1 aromatic rings. The van der Waals surface area contributed by atoms with Crippen molar-refractivity contribution in [1.29, 1.82) is 0 Å². The molecule has 0 aliphatic heterocycles. The molecule has 0 amide bonds. The number of ketones is 1. The summed E-state index contributed by atoms with van der Waals surface area (Å²) in [6, 6.07) is 6.32. The Bertz CT molecular complexity index is 538. The van der Waals surface area contributed by atoms with Crippen molar-refractivity contribution >= 4 is 69.9 Å². The molecule has 18 heavy (non-hydrogen) atoms. The molecule has 0 saturated carbocycles. The van der Waals surface area contributed by atoms with Gasteiger partial charge in [-0.25, -0.2) is 4.99 Å². The Kier molecular flexibility index (Phi) is 5.63. The van der Waals surface area contributed by atoms with E-state index in [4.69, 9.17) is 28.3 Å². The molecule has 0 unspecified atom stereocenters. The Hall–Kier alpha value is -0.580. The van der Waals surface area contributed by atoms with Crippen molar-refractivity contribution < 1.29 is 9.90 Å². The van der Waals surface area contributed by atoms with Crippen molar-refractivity contribution in [3.63, 3.8) is 0 Å². The monoisotopic (exact) mass is 291 g/mol. The Morgan fingerprint density at radius 2 is 1.50 bits per heavy atom. The van der Waals surface area contributed by atoms with Gasteiger partial charge in [0.05, 0.1) is 21.5 Å². The van der Waals surface area contributed by atoms with E-state index < -0.39 is 5.78 Å². The predicted octanol–water partition coefficient (Wildman–Crippen LogP) is 2.64. The van der Waals surface area contributed by atoms with Crippen LogP contribution >= 0.6 is 23.2 Å². The number of carbonyl (C=O) groups is 1. The molecule has 0 atom stereocenters. The van der Waals surface area contributed by atoms with E-state index in [1.165, 1.54) is 24.3 Å². The molecule has 6 heteroatoms. The number of nitrogens with zero attached hydrogens (tertiary/aromatic N) is 1. The number of allylic oxidation sites excluding steroid dienone is 4. The first-order chi connectivity index (χ1) is 8.06. The number of Topliss-reactive ketones (excluding diaryl/α,β-unsaturated/α-hetero) is 1. The number of aliphatic imine (C=N–C) groups is 1. The molecule has 0 heterocycles. The fourth-order valence-corrected chi connectivity index (χ4v) is 1.76. The third-order valence-corrected chi connectivity index (χ3v) is 2.65. The van der Waals surface area contributed by atoms with Gasteiger partial charge in [-0.15, -0.1) is 0 Å². The van der Waals surface area contributed by atoms with Gasteiger partial charge in [-0.05, 0) is 36.4 Å². The zero-order chi connectivity index (χ0) is 12.4. The fraction of sp³-hybridized carbons (Fsp3) is 0. The molecule has 0 fully saturated rings. The van der Waals surface area contributed by atoms with Gasteiger partial charge in [-0.2, -0.15) is 0 Å². The Morgan fingerprint density at radius 1 is 1.00 bits per heavy atom. The first-order valence-electron chi connectivity index (χ1n) is 4.73. The third kappa shape index (κ3) is 3.70. The summed E-state index contributed by atoms with van der Waals surface area (Å²) in [6.45, 7) is 0. The molecule has 0 radical (unpaired) electrons. The minimum atomic E-state index is -0.405. The van der Waals surface area contributed by atoms with Crippen LogP contribution in [0.3, 0.4) is 0 Å². The maximum absolute atomic E-state index is 11.3. The number of halogens is 2. The topological polar surface area (TPSA) is 49.7 Å². The van der Waals surface area contributed by atoms with Gasteiger partial charge in [0, 0.05) is 0 Å². The van der Waals surface area contributed by atoms with Crippen LogP contribution in [-0.4, -0.2) is 46.2 Å². The van der Waals surface area contributed by atoms with Crippen LogP contribution in [0.25, 0.3) is 0 Å². The number of phenolic OH excluding ortho intramolecular Hbond substituents is 1. The quantitative estimate of drug-likeness (QED) is 0.639. The normalized spacial score (nSPS) is 14.6. The summed E-state index contributed by atoms with van der Waals surface area (Å²) in [5, 5.41) is 9.20. The van der Waals surface area contributed by atoms with Crippen molar-refractivity contribution in [2.24, 2.45) is 4.99 Å². The molecular formula is C12H8Cl2NNaO2. The fourth-order valence-electron chi connectivity index (χ4n) is 1.29. The van der Waals surface area contributed by atoms with Gasteiger partial charge in [0.25, 0.3) is 0 Å². The molecule has 1 aliphatic carbocycles. The molecule has 1 aliphatic rings. The summed E-state index contributed by atoms with van der Waals surface area (Å²) in [4.78, 5) is 15.5. The molecule has 1 aromatic carbocycles. The van der Waals surface area contributed by atoms with Crippen LogP contribution in [0.5, 0.6) is 5.75 Å². The van der Waals surface area contributed by atoms with Crippen LogP contribution in [0.15, 0.2) is 51.5 Å². The number of rotatable bonds is 1. The minimum absolute atomic E-state index is 0. The number of carbonyl (C=O) groups excluding carboxylic acids is 1. The molecule has 1 N–H and O–H groups in total. The molecular weight excluding hydrogens is 284 g/mol. The molecule has 2 rings (SSSR count). The predicted molar refractivity (Wildman–Crippen MR) is 75.2 cm³/mol. The summed E-state index contributed by atoms with van der Waals surface area (Å²) in [7, 11) is 0. The first kappa shape index (κ1) is 15.5. The van der Waals surface area contributed by atoms with Crippen molar-refractivity contribution in [2.75, 3.05) is 0 Å². The second-order valence-corrected chi connectivity index (χ2v) is 4.18. The van der Waals surface area contributed by atoms with E-state index in [1.807, 2.05) is 0 Å². The van der Waals surface area contributed by atoms with Crippen LogP contribution in [0, 0.1) is 0 Å². The van der Waals surface area contributed by atoms with Gasteiger partial charge in [-0.1, -0.05) is 23.2 Å². The van der Waals surface area contributed by atoms with Crippen LogP contribution < -0.4 is 0 Å². The molecule has 0 bridgehead atoms. The molecule has 0 spiro atoms. The summed E-state index contributed by atoms with van der Waals surface area (Å²) in [6.07, 6.45) is 2.89. The van der Waals surface area contributed by atoms with Crippen LogP contribution in [0.1, 0.15) is 0 Å². The number of hydrogen-bond donors (Lipinski definition) is 1. The summed E-state index contributed by atoms with van der Waals surface area (Å²) in [5.41, 5.74) is 1.12. The maximum atomic E-state index is 11.3. The zero-order valence-corrected chi connectivity index (χ0v) is 10.0. The van der Waals surface area contributed by atoms with Crippen molar-refractivity contribution in [1.82, 2.24) is 0 Å². The number of phenols is 1. The van der Waals surface area contributed by atoms with E-state index in [1.54, 1.807) is 12.1 Å². The Labute approximate surface area is 136 Å². The number of aromatic hydroxyl groups is 1. The van der Waals surface area contributed by atoms with Crippen LogP contribution in [-0.2, 0) is 4.79 Å². The number of hydrogen-bond acceptors (Lipinski definition) is 3. The van der Waals surface area contributed by atoms with Crippen molar-refractivity contribution in [3.05, 3.63) is 46.5 Å². The third-order valence-electron chi connectivity index (χ3n) is 2.09. The van der Waals surface area contributed by atoms with Crippen molar-refractivity contribution in [3.8, 4) is 5.75 Å². The summed E-state index contributed by atoms with van der Waals surface area (Å²) >= 11 is 11.4. The van der Waals surface area contributed by atoms with Gasteiger partial charge in [0.1, 0.15) is 5.75 Å². The van der Waals surface area contributed by atoms with Gasteiger partial charge in [0.2, 0.25) is 5.78 Å². The van der Waals surface area contributed by atoms with E-state index in [2.05, 4.69) is 4.99 Å². The SMILES string of the molecule is O=C1C(Cl)=CC(=Nc2ccc(O)cc2)C=C1Cl.[NaH]. The zero-order valence-electron chi connectivity index (χ0n) is 8.52. The molecule has 88 valence electrons. The average molecular weight is 292 g/mol. The molecule has 0 aromatic heterocycles. The van der Waals surface area contributed by atoms with E-state index in [0.717, 1.165) is 0 Å². The first-order valence-corrected chi connectivity index (χ1v) is 5.48. The molecule has 0 saturated heterocycles. The standard InChI is InChI=1S/C12H7Cl2NO2.Na.H/c13-10-5-8(6-11(14)12(10)17)15-7-1-3-9(16)4-2-7;;/h1-6,16H;;. The van der Waals surface area contributed by atoms with Crippen molar-refractivity contribution in [2.45, 2.75) is 0 Å². The van der Waals surface area contributed by atoms with E-state index in [0.29, 0.717) is 11.4 Å². The van der Waals surface area contributed by atoms with Gasteiger partial charge >= 0.3 is 29.6 Å². The Balaban J connectivity index is 0.00000162. The van der Waals surface area contributed by atoms with Gasteiger partial charge in [0.15, 0.2) is 0 Å². The van der Waals surface area contributed by atoms with Gasteiger partial charge < -0.3 is 5.11 Å². The summed E-state index contributed by atoms with van der Waals surface area (Å²) < 4.78 is 0. The number of benzene rings is 1. The average Bonchev–Trinajstić information content (AvgIpc) is 2.29. The molecule has 3 nitrogen and oxygen atoms in total. The Morgan fingerprint density at radius 3 is 2.00 bits per heavy atom. The van der Waals surface area contributed by atoms with Crippen LogP contribution in [0.4, 0.5) is 5.69 Å². The van der Waals surface area contributed by atoms with E-state index >= 15 is 0 Å². The van der Waals surface area contributed by atoms with E-state index in [-0.39, 0.29) is 45.4 Å². The second kappa shape index (κ2) is 6.55. The van der Waals surface area contributed by atoms with Gasteiger partial charge in [-0.3, -0.25) is 4.79 Å².